The Hall–Kier alpha value is -3.35. The Kier molecular flexibility index (Phi) is 8.61. The summed E-state index contributed by atoms with van der Waals surface area (Å²) in [5.74, 6) is 1.75. The molecule has 1 aliphatic carbocycles. The summed E-state index contributed by atoms with van der Waals surface area (Å²) in [7, 11) is 0. The van der Waals surface area contributed by atoms with Gasteiger partial charge in [0.1, 0.15) is 11.8 Å². The number of rotatable bonds is 10. The molecule has 1 N–H and O–H groups in total. The highest BCUT2D eigenvalue weighted by Crippen LogP contribution is 2.47. The van der Waals surface area contributed by atoms with E-state index >= 15 is 0 Å². The van der Waals surface area contributed by atoms with E-state index in [9.17, 15) is 5.26 Å². The van der Waals surface area contributed by atoms with Gasteiger partial charge in [0.15, 0.2) is 0 Å². The van der Waals surface area contributed by atoms with Crippen LogP contribution in [0.1, 0.15) is 61.3 Å². The number of ether oxygens (including phenoxy) is 1. The number of aromatic nitrogens is 4. The number of nitrogens with one attached hydrogen (secondary N) is 1. The second kappa shape index (κ2) is 12.5. The molecule has 0 radical (unpaired) electrons. The molecule has 0 spiro atoms. The van der Waals surface area contributed by atoms with E-state index < -0.39 is 0 Å². The molecule has 5 rings (SSSR count). The molecule has 0 atom stereocenters. The lowest BCUT2D eigenvalue weighted by Crippen LogP contribution is -2.07. The fraction of sp³-hybridized carbons (Fsp3) is 0.379. The first-order chi connectivity index (χ1) is 18.6. The first kappa shape index (κ1) is 26.3. The fourth-order valence-electron chi connectivity index (χ4n) is 5.01. The Morgan fingerprint density at radius 1 is 1.21 bits per heavy atom. The third-order valence-corrected chi connectivity index (χ3v) is 9.14. The van der Waals surface area contributed by atoms with Crippen LogP contribution in [0.5, 0.6) is 5.75 Å². The quantitative estimate of drug-likeness (QED) is 0.163. The summed E-state index contributed by atoms with van der Waals surface area (Å²) in [4.78, 5) is 14.7. The maximum atomic E-state index is 10.0. The van der Waals surface area contributed by atoms with E-state index in [0.29, 0.717) is 18.5 Å². The lowest BCUT2D eigenvalue weighted by molar-refractivity contribution is 0.302. The lowest BCUT2D eigenvalue weighted by atomic mass is 9.82. The van der Waals surface area contributed by atoms with Crippen molar-refractivity contribution in [1.82, 2.24) is 19.5 Å². The highest BCUT2D eigenvalue weighted by Gasteiger charge is 2.27. The van der Waals surface area contributed by atoms with Crippen molar-refractivity contribution >= 4 is 34.7 Å². The largest absolute Gasteiger partial charge is 0.493 e. The minimum atomic E-state index is 0.420. The van der Waals surface area contributed by atoms with E-state index in [1.807, 2.05) is 56.0 Å². The molecule has 7 nitrogen and oxygen atoms in total. The van der Waals surface area contributed by atoms with Crippen LogP contribution >= 0.6 is 23.1 Å². The molecular weight excluding hydrogens is 512 g/mol. The zero-order valence-corrected chi connectivity index (χ0v) is 23.4. The predicted molar refractivity (Wildman–Crippen MR) is 154 cm³/mol. The Morgan fingerprint density at radius 2 is 2.08 bits per heavy atom. The Balaban J connectivity index is 1.30. The van der Waals surface area contributed by atoms with Crippen LogP contribution in [0.3, 0.4) is 0 Å². The minimum Gasteiger partial charge on any atom is -0.493 e. The standard InChI is InChI=1S/C29H32N6OS2/c1-20-18-35(19-32-20)14-7-15-36-23-11-6-10-22(16-23)33-29-31-13-12-25(34-29)27-26(21-8-4-3-5-9-21)24(17-30)28(37-2)38-27/h6,10-13,16,18-19,21H,3-5,7-9,14-15H2,1-2H3,(H,31,33,34). The van der Waals surface area contributed by atoms with Gasteiger partial charge < -0.3 is 14.6 Å². The zero-order valence-electron chi connectivity index (χ0n) is 21.8. The smallest absolute Gasteiger partial charge is 0.227 e. The third-order valence-electron chi connectivity index (χ3n) is 6.79. The normalized spacial score (nSPS) is 13.8. The van der Waals surface area contributed by atoms with Crippen LogP contribution in [-0.2, 0) is 6.54 Å². The van der Waals surface area contributed by atoms with Crippen molar-refractivity contribution < 1.29 is 4.74 Å². The van der Waals surface area contributed by atoms with E-state index in [4.69, 9.17) is 9.72 Å². The van der Waals surface area contributed by atoms with Gasteiger partial charge in [-0.1, -0.05) is 25.3 Å². The molecule has 196 valence electrons. The first-order valence-corrected chi connectivity index (χ1v) is 15.1. The minimum absolute atomic E-state index is 0.420. The van der Waals surface area contributed by atoms with Crippen molar-refractivity contribution in [3.8, 4) is 22.4 Å². The van der Waals surface area contributed by atoms with Gasteiger partial charge in [-0.25, -0.2) is 15.0 Å². The molecule has 9 heteroatoms. The molecule has 1 aromatic carbocycles. The van der Waals surface area contributed by atoms with Gasteiger partial charge >= 0.3 is 0 Å². The summed E-state index contributed by atoms with van der Waals surface area (Å²) in [5.41, 5.74) is 4.78. The van der Waals surface area contributed by atoms with Gasteiger partial charge in [-0.05, 0) is 62.1 Å². The molecule has 1 fully saturated rings. The number of anilines is 2. The van der Waals surface area contributed by atoms with Crippen LogP contribution < -0.4 is 10.1 Å². The maximum absolute atomic E-state index is 10.0. The second-order valence-electron chi connectivity index (χ2n) is 9.53. The zero-order chi connectivity index (χ0) is 26.3. The molecule has 4 aromatic rings. The van der Waals surface area contributed by atoms with E-state index in [1.165, 1.54) is 24.8 Å². The van der Waals surface area contributed by atoms with Crippen molar-refractivity contribution in [2.75, 3.05) is 18.2 Å². The molecule has 1 saturated carbocycles. The number of thiophene rings is 1. The molecule has 0 unspecified atom stereocenters. The summed E-state index contributed by atoms with van der Waals surface area (Å²) < 4.78 is 9.14. The highest BCUT2D eigenvalue weighted by atomic mass is 32.2. The number of nitrogens with zero attached hydrogens (tertiary/aromatic N) is 5. The van der Waals surface area contributed by atoms with Gasteiger partial charge in [-0.15, -0.1) is 23.1 Å². The lowest BCUT2D eigenvalue weighted by Gasteiger charge is -2.22. The second-order valence-corrected chi connectivity index (χ2v) is 11.6. The molecule has 0 amide bonds. The van der Waals surface area contributed by atoms with Crippen LogP contribution in [0.4, 0.5) is 11.6 Å². The van der Waals surface area contributed by atoms with Crippen molar-refractivity contribution in [2.24, 2.45) is 0 Å². The average Bonchev–Trinajstić information content (AvgIpc) is 3.55. The van der Waals surface area contributed by atoms with Gasteiger partial charge in [-0.2, -0.15) is 5.26 Å². The van der Waals surface area contributed by atoms with E-state index in [1.54, 1.807) is 29.3 Å². The number of nitriles is 1. The molecule has 38 heavy (non-hydrogen) atoms. The first-order valence-electron chi connectivity index (χ1n) is 13.1. The number of hydrogen-bond donors (Lipinski definition) is 1. The molecule has 3 aromatic heterocycles. The number of hydrogen-bond acceptors (Lipinski definition) is 8. The molecule has 0 saturated heterocycles. The van der Waals surface area contributed by atoms with E-state index in [-0.39, 0.29) is 0 Å². The van der Waals surface area contributed by atoms with Crippen molar-refractivity contribution in [3.63, 3.8) is 0 Å². The summed E-state index contributed by atoms with van der Waals surface area (Å²) >= 11 is 3.33. The molecule has 0 aliphatic heterocycles. The van der Waals surface area contributed by atoms with Crippen LogP contribution in [0.25, 0.3) is 10.6 Å². The van der Waals surface area contributed by atoms with Crippen molar-refractivity contribution in [2.45, 2.75) is 62.1 Å². The van der Waals surface area contributed by atoms with Crippen molar-refractivity contribution in [3.05, 3.63) is 65.9 Å². The Labute approximate surface area is 232 Å². The monoisotopic (exact) mass is 544 g/mol. The van der Waals surface area contributed by atoms with Crippen LogP contribution in [0.15, 0.2) is 53.3 Å². The number of benzene rings is 1. The Morgan fingerprint density at radius 3 is 2.84 bits per heavy atom. The van der Waals surface area contributed by atoms with Crippen LogP contribution in [0.2, 0.25) is 0 Å². The van der Waals surface area contributed by atoms with Gasteiger partial charge in [0.25, 0.3) is 0 Å². The van der Waals surface area contributed by atoms with E-state index in [0.717, 1.165) is 63.3 Å². The van der Waals surface area contributed by atoms with Gasteiger partial charge in [0, 0.05) is 30.7 Å². The predicted octanol–water partition coefficient (Wildman–Crippen LogP) is 7.56. The van der Waals surface area contributed by atoms with Crippen LogP contribution in [0, 0.1) is 18.3 Å². The third kappa shape index (κ3) is 6.20. The fourth-order valence-corrected chi connectivity index (χ4v) is 7.00. The summed E-state index contributed by atoms with van der Waals surface area (Å²) in [5, 5.41) is 13.4. The molecule has 3 heterocycles. The van der Waals surface area contributed by atoms with Gasteiger partial charge in [-0.3, -0.25) is 0 Å². The summed E-state index contributed by atoms with van der Waals surface area (Å²) in [6.45, 7) is 3.48. The molecule has 0 bridgehead atoms. The number of aryl methyl sites for hydroxylation is 2. The van der Waals surface area contributed by atoms with Crippen molar-refractivity contribution in [1.29, 1.82) is 5.26 Å². The van der Waals surface area contributed by atoms with Gasteiger partial charge in [0.2, 0.25) is 5.95 Å². The average molecular weight is 545 g/mol. The molecule has 1 aliphatic rings. The maximum Gasteiger partial charge on any atom is 0.227 e. The Bertz CT molecular complexity index is 1420. The SMILES string of the molecule is CSc1sc(-c2ccnc(Nc3cccc(OCCCn4cnc(C)c4)c3)n2)c(C2CCCCC2)c1C#N. The highest BCUT2D eigenvalue weighted by molar-refractivity contribution is 8.00. The summed E-state index contributed by atoms with van der Waals surface area (Å²) in [6.07, 6.45) is 14.6. The summed E-state index contributed by atoms with van der Waals surface area (Å²) in [6, 6.07) is 12.3. The van der Waals surface area contributed by atoms with Crippen LogP contribution in [-0.4, -0.2) is 32.4 Å². The number of imidazole rings is 1. The van der Waals surface area contributed by atoms with E-state index in [2.05, 4.69) is 25.9 Å². The number of thioether (sulfide) groups is 1. The molecular formula is C29H32N6OS2. The van der Waals surface area contributed by atoms with Gasteiger partial charge in [0.05, 0.1) is 39.0 Å². The topological polar surface area (TPSA) is 88.7 Å².